The Morgan fingerprint density at radius 2 is 1.89 bits per heavy atom. The van der Waals surface area contributed by atoms with E-state index < -0.39 is 0 Å². The van der Waals surface area contributed by atoms with Crippen LogP contribution in [0.25, 0.3) is 10.2 Å². The van der Waals surface area contributed by atoms with Gasteiger partial charge >= 0.3 is 0 Å². The Morgan fingerprint density at radius 3 is 2.63 bits per heavy atom. The molecule has 0 fully saturated rings. The molecule has 0 atom stereocenters. The molecule has 19 heavy (non-hydrogen) atoms. The number of phenols is 1. The van der Waals surface area contributed by atoms with E-state index in [1.54, 1.807) is 24.3 Å². The molecule has 0 spiro atoms. The van der Waals surface area contributed by atoms with Crippen LogP contribution in [0.3, 0.4) is 0 Å². The van der Waals surface area contributed by atoms with E-state index in [1.165, 1.54) is 23.5 Å². The predicted octanol–water partition coefficient (Wildman–Crippen LogP) is 3.89. The Balaban J connectivity index is 2.04. The summed E-state index contributed by atoms with van der Waals surface area (Å²) >= 11 is 7.23. The number of benzene rings is 2. The fourth-order valence-corrected chi connectivity index (χ4v) is 2.81. The standard InChI is InChI=1S/C14H8ClNO2S/c15-9-3-6-12-11(7-9)16-14(19-12)13(18)8-1-4-10(17)5-2-8/h1-7,17H. The second-order valence-corrected chi connectivity index (χ2v) is 5.47. The predicted molar refractivity (Wildman–Crippen MR) is 76.2 cm³/mol. The van der Waals surface area contributed by atoms with Crippen LogP contribution in [0, 0.1) is 0 Å². The van der Waals surface area contributed by atoms with Gasteiger partial charge in [0.2, 0.25) is 5.78 Å². The lowest BCUT2D eigenvalue weighted by atomic mass is 10.1. The lowest BCUT2D eigenvalue weighted by Crippen LogP contribution is -1.99. The molecule has 0 saturated carbocycles. The zero-order chi connectivity index (χ0) is 13.4. The van der Waals surface area contributed by atoms with Crippen LogP contribution in [0.1, 0.15) is 15.4 Å². The lowest BCUT2D eigenvalue weighted by molar-refractivity contribution is 0.103. The van der Waals surface area contributed by atoms with Crippen molar-refractivity contribution in [3.8, 4) is 5.75 Å². The van der Waals surface area contributed by atoms with Crippen molar-refractivity contribution < 1.29 is 9.90 Å². The number of phenolic OH excluding ortho intramolecular Hbond substituents is 1. The number of ketones is 1. The molecule has 3 nitrogen and oxygen atoms in total. The molecule has 1 N–H and O–H groups in total. The summed E-state index contributed by atoms with van der Waals surface area (Å²) in [5.74, 6) is -0.0232. The zero-order valence-corrected chi connectivity index (χ0v) is 11.2. The van der Waals surface area contributed by atoms with Gasteiger partial charge in [0.05, 0.1) is 10.2 Å². The number of aromatic hydroxyl groups is 1. The maximum absolute atomic E-state index is 12.2. The van der Waals surface area contributed by atoms with Crippen molar-refractivity contribution in [2.75, 3.05) is 0 Å². The van der Waals surface area contributed by atoms with Crippen LogP contribution < -0.4 is 0 Å². The van der Waals surface area contributed by atoms with Gasteiger partial charge in [0.15, 0.2) is 5.01 Å². The Bertz CT molecular complexity index is 765. The largest absolute Gasteiger partial charge is 0.508 e. The number of hydrogen-bond acceptors (Lipinski definition) is 4. The van der Waals surface area contributed by atoms with E-state index in [0.29, 0.717) is 15.6 Å². The van der Waals surface area contributed by atoms with Gasteiger partial charge in [0, 0.05) is 10.6 Å². The van der Waals surface area contributed by atoms with Crippen molar-refractivity contribution in [3.05, 3.63) is 58.1 Å². The van der Waals surface area contributed by atoms with E-state index in [4.69, 9.17) is 11.6 Å². The summed E-state index contributed by atoms with van der Waals surface area (Å²) in [6.45, 7) is 0. The minimum absolute atomic E-state index is 0.132. The molecule has 0 aliphatic rings. The summed E-state index contributed by atoms with van der Waals surface area (Å²) in [7, 11) is 0. The van der Waals surface area contributed by atoms with Gasteiger partial charge in [0.25, 0.3) is 0 Å². The number of fused-ring (bicyclic) bond motifs is 1. The molecule has 5 heteroatoms. The average molecular weight is 290 g/mol. The minimum Gasteiger partial charge on any atom is -0.508 e. The summed E-state index contributed by atoms with van der Waals surface area (Å²) < 4.78 is 0.923. The van der Waals surface area contributed by atoms with Crippen LogP contribution in [-0.4, -0.2) is 15.9 Å². The highest BCUT2D eigenvalue weighted by Gasteiger charge is 2.14. The molecule has 3 rings (SSSR count). The van der Waals surface area contributed by atoms with Crippen molar-refractivity contribution >= 4 is 38.9 Å². The number of aromatic nitrogens is 1. The normalized spacial score (nSPS) is 10.8. The van der Waals surface area contributed by atoms with Gasteiger partial charge in [-0.15, -0.1) is 11.3 Å². The highest BCUT2D eigenvalue weighted by atomic mass is 35.5. The molecule has 1 aromatic heterocycles. The molecule has 94 valence electrons. The van der Waals surface area contributed by atoms with Crippen molar-refractivity contribution in [1.82, 2.24) is 4.98 Å². The van der Waals surface area contributed by atoms with Gasteiger partial charge < -0.3 is 5.11 Å². The van der Waals surface area contributed by atoms with Crippen LogP contribution in [0.5, 0.6) is 5.75 Å². The maximum atomic E-state index is 12.2. The first-order chi connectivity index (χ1) is 9.13. The van der Waals surface area contributed by atoms with Gasteiger partial charge in [-0.25, -0.2) is 4.98 Å². The Morgan fingerprint density at radius 1 is 1.16 bits per heavy atom. The first-order valence-corrected chi connectivity index (χ1v) is 6.73. The van der Waals surface area contributed by atoms with E-state index in [9.17, 15) is 9.90 Å². The van der Waals surface area contributed by atoms with Gasteiger partial charge in [-0.3, -0.25) is 4.79 Å². The van der Waals surface area contributed by atoms with E-state index in [2.05, 4.69) is 4.98 Å². The van der Waals surface area contributed by atoms with E-state index in [0.717, 1.165) is 10.2 Å². The number of halogens is 1. The van der Waals surface area contributed by atoms with Gasteiger partial charge in [-0.1, -0.05) is 11.6 Å². The van der Waals surface area contributed by atoms with Crippen molar-refractivity contribution in [1.29, 1.82) is 0 Å². The summed E-state index contributed by atoms with van der Waals surface area (Å²) in [4.78, 5) is 16.5. The molecule has 0 saturated heterocycles. The van der Waals surface area contributed by atoms with E-state index in [1.807, 2.05) is 6.07 Å². The molecule has 0 radical (unpaired) electrons. The molecular weight excluding hydrogens is 282 g/mol. The number of hydrogen-bond donors (Lipinski definition) is 1. The molecular formula is C14H8ClNO2S. The fraction of sp³-hybridized carbons (Fsp3) is 0. The molecule has 3 aromatic rings. The van der Waals surface area contributed by atoms with Crippen molar-refractivity contribution in [2.24, 2.45) is 0 Å². The van der Waals surface area contributed by atoms with E-state index in [-0.39, 0.29) is 11.5 Å². The van der Waals surface area contributed by atoms with Crippen LogP contribution in [-0.2, 0) is 0 Å². The summed E-state index contributed by atoms with van der Waals surface area (Å²) in [5.41, 5.74) is 1.22. The van der Waals surface area contributed by atoms with Crippen LogP contribution >= 0.6 is 22.9 Å². The van der Waals surface area contributed by atoms with Crippen molar-refractivity contribution in [3.63, 3.8) is 0 Å². The average Bonchev–Trinajstić information content (AvgIpc) is 2.81. The molecule has 1 heterocycles. The van der Waals surface area contributed by atoms with E-state index >= 15 is 0 Å². The molecule has 0 aliphatic heterocycles. The van der Waals surface area contributed by atoms with Crippen molar-refractivity contribution in [2.45, 2.75) is 0 Å². The van der Waals surface area contributed by atoms with Crippen LogP contribution in [0.2, 0.25) is 5.02 Å². The minimum atomic E-state index is -0.155. The Kier molecular flexibility index (Phi) is 2.97. The van der Waals surface area contributed by atoms with Crippen LogP contribution in [0.4, 0.5) is 0 Å². The smallest absolute Gasteiger partial charge is 0.221 e. The van der Waals surface area contributed by atoms with Gasteiger partial charge in [0.1, 0.15) is 5.75 Å². The molecule has 2 aromatic carbocycles. The number of nitrogens with zero attached hydrogens (tertiary/aromatic N) is 1. The second-order valence-electron chi connectivity index (χ2n) is 4.01. The molecule has 0 bridgehead atoms. The zero-order valence-electron chi connectivity index (χ0n) is 9.63. The highest BCUT2D eigenvalue weighted by molar-refractivity contribution is 7.20. The molecule has 0 aliphatic carbocycles. The Labute approximate surface area is 118 Å². The third kappa shape index (κ3) is 2.32. The summed E-state index contributed by atoms with van der Waals surface area (Å²) in [5, 5.41) is 10.2. The highest BCUT2D eigenvalue weighted by Crippen LogP contribution is 2.26. The number of rotatable bonds is 2. The maximum Gasteiger partial charge on any atom is 0.221 e. The molecule has 0 amide bonds. The van der Waals surface area contributed by atoms with Gasteiger partial charge in [-0.05, 0) is 42.5 Å². The second kappa shape index (κ2) is 4.64. The number of carbonyl (C=O) groups excluding carboxylic acids is 1. The SMILES string of the molecule is O=C(c1ccc(O)cc1)c1nc2cc(Cl)ccc2s1. The monoisotopic (exact) mass is 289 g/mol. The summed E-state index contributed by atoms with van der Waals surface area (Å²) in [6.07, 6.45) is 0. The third-order valence-electron chi connectivity index (χ3n) is 2.67. The third-order valence-corrected chi connectivity index (χ3v) is 3.94. The first-order valence-electron chi connectivity index (χ1n) is 5.53. The molecule has 0 unspecified atom stereocenters. The first kappa shape index (κ1) is 12.1. The van der Waals surface area contributed by atoms with Crippen LogP contribution in [0.15, 0.2) is 42.5 Å². The Hall–Kier alpha value is -1.91. The fourth-order valence-electron chi connectivity index (χ4n) is 1.73. The lowest BCUT2D eigenvalue weighted by Gasteiger charge is -1.96. The quantitative estimate of drug-likeness (QED) is 0.728. The number of thiazole rings is 1. The number of carbonyl (C=O) groups is 1. The summed E-state index contributed by atoms with van der Waals surface area (Å²) in [6, 6.07) is 11.5. The van der Waals surface area contributed by atoms with Gasteiger partial charge in [-0.2, -0.15) is 0 Å². The topological polar surface area (TPSA) is 50.2 Å².